The zero-order chi connectivity index (χ0) is 31.8. The maximum Gasteiger partial charge on any atom is 0.153 e. The maximum absolute atomic E-state index is 4.93. The van der Waals surface area contributed by atoms with Crippen LogP contribution in [0.4, 0.5) is 34.3 Å². The van der Waals surface area contributed by atoms with Crippen molar-refractivity contribution in [1.82, 2.24) is 14.5 Å². The first kappa shape index (κ1) is 29.4. The number of pyridine rings is 1. The number of hydrogen-bond acceptors (Lipinski definition) is 5. The third-order valence-electron chi connectivity index (χ3n) is 8.77. The standard InChI is InChI=1S/C40H40N6/c1-28(2)35-19-11-20-36(29(3)4)38(35)44-24-23-42-39(44)30-13-9-17-33(25-30)46(31-14-7-6-8-15-31)34-18-10-16-32(26-34)45-27-43(5)40-37(45)21-12-22-41-40/h6-26,28-29H,27H2,1-5H3. The van der Waals surface area contributed by atoms with Crippen LogP contribution in [-0.4, -0.2) is 28.3 Å². The van der Waals surface area contributed by atoms with Crippen molar-refractivity contribution in [2.24, 2.45) is 0 Å². The van der Waals surface area contributed by atoms with Gasteiger partial charge in [0.2, 0.25) is 0 Å². The zero-order valence-electron chi connectivity index (χ0n) is 27.2. The SMILES string of the molecule is CC(C)c1cccc(C(C)C)c1-n1ccnc1-c1cccc(N(c2ccccc2)c2cccc(N3CN(C)c4ncccc43)c2)c1. The summed E-state index contributed by atoms with van der Waals surface area (Å²) in [5.74, 6) is 2.70. The van der Waals surface area contributed by atoms with Crippen LogP contribution in [0.3, 0.4) is 0 Å². The van der Waals surface area contributed by atoms with Crippen molar-refractivity contribution < 1.29 is 0 Å². The Morgan fingerprint density at radius 2 is 1.33 bits per heavy atom. The van der Waals surface area contributed by atoms with Gasteiger partial charge in [-0.15, -0.1) is 0 Å². The summed E-state index contributed by atoms with van der Waals surface area (Å²) >= 11 is 0. The van der Waals surface area contributed by atoms with Gasteiger partial charge in [0, 0.05) is 54.0 Å². The minimum Gasteiger partial charge on any atom is -0.340 e. The Balaban J connectivity index is 1.34. The highest BCUT2D eigenvalue weighted by atomic mass is 15.4. The normalized spacial score (nSPS) is 12.7. The fourth-order valence-corrected chi connectivity index (χ4v) is 6.57. The van der Waals surface area contributed by atoms with Crippen molar-refractivity contribution in [3.05, 3.63) is 139 Å². The lowest BCUT2D eigenvalue weighted by Gasteiger charge is -2.28. The largest absolute Gasteiger partial charge is 0.340 e. The van der Waals surface area contributed by atoms with E-state index in [0.29, 0.717) is 11.8 Å². The number of imidazole rings is 1. The topological polar surface area (TPSA) is 40.4 Å². The van der Waals surface area contributed by atoms with E-state index in [-0.39, 0.29) is 0 Å². The molecule has 0 aliphatic carbocycles. The molecule has 3 heterocycles. The molecule has 6 nitrogen and oxygen atoms in total. The first-order valence-corrected chi connectivity index (χ1v) is 16.1. The monoisotopic (exact) mass is 604 g/mol. The Morgan fingerprint density at radius 3 is 2.07 bits per heavy atom. The summed E-state index contributed by atoms with van der Waals surface area (Å²) in [6.45, 7) is 9.81. The van der Waals surface area contributed by atoms with Crippen LogP contribution in [0.2, 0.25) is 0 Å². The number of para-hydroxylation sites is 2. The number of fused-ring (bicyclic) bond motifs is 1. The van der Waals surface area contributed by atoms with Crippen LogP contribution in [0.15, 0.2) is 128 Å². The van der Waals surface area contributed by atoms with Crippen molar-refractivity contribution in [3.63, 3.8) is 0 Å². The Morgan fingerprint density at radius 1 is 0.652 bits per heavy atom. The number of rotatable bonds is 8. The number of aromatic nitrogens is 3. The lowest BCUT2D eigenvalue weighted by Crippen LogP contribution is -2.24. The average molecular weight is 605 g/mol. The van der Waals surface area contributed by atoms with Crippen LogP contribution < -0.4 is 14.7 Å². The van der Waals surface area contributed by atoms with E-state index in [2.05, 4.69) is 168 Å². The van der Waals surface area contributed by atoms with Crippen molar-refractivity contribution >= 4 is 34.3 Å². The Bertz CT molecular complexity index is 1950. The zero-order valence-corrected chi connectivity index (χ0v) is 27.2. The van der Waals surface area contributed by atoms with Gasteiger partial charge in [-0.05, 0) is 77.6 Å². The molecule has 6 aromatic rings. The lowest BCUT2D eigenvalue weighted by atomic mass is 9.92. The second kappa shape index (κ2) is 12.2. The Kier molecular flexibility index (Phi) is 7.79. The molecule has 0 fully saturated rings. The van der Waals surface area contributed by atoms with E-state index in [1.807, 2.05) is 18.5 Å². The Labute approximate surface area is 272 Å². The maximum atomic E-state index is 4.93. The summed E-state index contributed by atoms with van der Waals surface area (Å²) in [5, 5.41) is 0. The highest BCUT2D eigenvalue weighted by Crippen LogP contribution is 2.42. The van der Waals surface area contributed by atoms with Gasteiger partial charge in [-0.3, -0.25) is 4.57 Å². The van der Waals surface area contributed by atoms with Gasteiger partial charge in [-0.1, -0.05) is 82.3 Å². The summed E-state index contributed by atoms with van der Waals surface area (Å²) in [4.78, 5) is 16.4. The van der Waals surface area contributed by atoms with Crippen molar-refractivity contribution in [2.75, 3.05) is 28.4 Å². The van der Waals surface area contributed by atoms with E-state index >= 15 is 0 Å². The molecule has 1 aliphatic heterocycles. The van der Waals surface area contributed by atoms with Gasteiger partial charge >= 0.3 is 0 Å². The van der Waals surface area contributed by atoms with Crippen molar-refractivity contribution in [2.45, 2.75) is 39.5 Å². The highest BCUT2D eigenvalue weighted by molar-refractivity contribution is 5.84. The average Bonchev–Trinajstić information content (AvgIpc) is 3.70. The molecule has 2 aromatic heterocycles. The minimum atomic E-state index is 0.384. The van der Waals surface area contributed by atoms with E-state index in [1.54, 1.807) is 0 Å². The molecular weight excluding hydrogens is 564 g/mol. The molecular formula is C40H40N6. The first-order valence-electron chi connectivity index (χ1n) is 16.1. The second-order valence-corrected chi connectivity index (χ2v) is 12.6. The van der Waals surface area contributed by atoms with Gasteiger partial charge in [-0.2, -0.15) is 0 Å². The quantitative estimate of drug-likeness (QED) is 0.173. The molecule has 7 rings (SSSR count). The van der Waals surface area contributed by atoms with Gasteiger partial charge in [0.25, 0.3) is 0 Å². The molecule has 0 radical (unpaired) electrons. The predicted molar refractivity (Wildman–Crippen MR) is 192 cm³/mol. The third kappa shape index (κ3) is 5.30. The van der Waals surface area contributed by atoms with E-state index in [9.17, 15) is 0 Å². The Hall–Kier alpha value is -5.36. The third-order valence-corrected chi connectivity index (χ3v) is 8.77. The van der Waals surface area contributed by atoms with Gasteiger partial charge in [0.15, 0.2) is 5.82 Å². The molecule has 230 valence electrons. The molecule has 0 spiro atoms. The molecule has 0 bridgehead atoms. The van der Waals surface area contributed by atoms with Crippen LogP contribution in [-0.2, 0) is 0 Å². The summed E-state index contributed by atoms with van der Waals surface area (Å²) in [6, 6.07) is 38.9. The number of anilines is 6. The van der Waals surface area contributed by atoms with Gasteiger partial charge in [-0.25, -0.2) is 9.97 Å². The molecule has 46 heavy (non-hydrogen) atoms. The summed E-state index contributed by atoms with van der Waals surface area (Å²) in [6.07, 6.45) is 5.88. The van der Waals surface area contributed by atoms with Gasteiger partial charge in [0.05, 0.1) is 18.0 Å². The van der Waals surface area contributed by atoms with Crippen LogP contribution in [0.25, 0.3) is 17.1 Å². The van der Waals surface area contributed by atoms with E-state index in [0.717, 1.165) is 52.3 Å². The summed E-state index contributed by atoms with van der Waals surface area (Å²) < 4.78 is 2.28. The van der Waals surface area contributed by atoms with Crippen LogP contribution in [0, 0.1) is 0 Å². The number of benzene rings is 4. The fraction of sp³-hybridized carbons (Fsp3) is 0.200. The first-order chi connectivity index (χ1) is 22.4. The number of nitrogens with zero attached hydrogens (tertiary/aromatic N) is 6. The molecule has 0 unspecified atom stereocenters. The van der Waals surface area contributed by atoms with Crippen LogP contribution in [0.1, 0.15) is 50.7 Å². The van der Waals surface area contributed by atoms with E-state index in [1.165, 1.54) is 16.8 Å². The predicted octanol–water partition coefficient (Wildman–Crippen LogP) is 10.2. The van der Waals surface area contributed by atoms with E-state index < -0.39 is 0 Å². The van der Waals surface area contributed by atoms with Crippen molar-refractivity contribution in [1.29, 1.82) is 0 Å². The summed E-state index contributed by atoms with van der Waals surface area (Å²) in [5.41, 5.74) is 10.4. The van der Waals surface area contributed by atoms with Crippen LogP contribution in [0.5, 0.6) is 0 Å². The number of hydrogen-bond donors (Lipinski definition) is 0. The molecule has 0 saturated carbocycles. The van der Waals surface area contributed by atoms with Gasteiger partial charge in [0.1, 0.15) is 5.82 Å². The smallest absolute Gasteiger partial charge is 0.153 e. The van der Waals surface area contributed by atoms with Crippen molar-refractivity contribution in [3.8, 4) is 17.1 Å². The summed E-state index contributed by atoms with van der Waals surface area (Å²) in [7, 11) is 2.09. The molecule has 4 aromatic carbocycles. The molecule has 6 heteroatoms. The van der Waals surface area contributed by atoms with Gasteiger partial charge < -0.3 is 14.7 Å². The lowest BCUT2D eigenvalue weighted by molar-refractivity contribution is 0.807. The molecule has 0 amide bonds. The minimum absolute atomic E-state index is 0.384. The second-order valence-electron chi connectivity index (χ2n) is 12.6. The highest BCUT2D eigenvalue weighted by Gasteiger charge is 2.26. The molecule has 0 saturated heterocycles. The molecule has 0 N–H and O–H groups in total. The molecule has 1 aliphatic rings. The fourth-order valence-electron chi connectivity index (χ4n) is 6.57. The molecule has 0 atom stereocenters. The van der Waals surface area contributed by atoms with E-state index in [4.69, 9.17) is 4.98 Å². The van der Waals surface area contributed by atoms with Crippen LogP contribution >= 0.6 is 0 Å².